The van der Waals surface area contributed by atoms with Crippen LogP contribution >= 0.6 is 23.4 Å². The number of benzene rings is 3. The summed E-state index contributed by atoms with van der Waals surface area (Å²) < 4.78 is 12.5. The number of thioether (sulfide) groups is 1. The van der Waals surface area contributed by atoms with Gasteiger partial charge in [0.05, 0.1) is 15.2 Å². The molecule has 0 saturated carbocycles. The van der Waals surface area contributed by atoms with Crippen LogP contribution in [0.25, 0.3) is 0 Å². The Bertz CT molecular complexity index is 1070. The maximum absolute atomic E-state index is 10.1. The Labute approximate surface area is 204 Å². The molecule has 0 aromatic heterocycles. The summed E-state index contributed by atoms with van der Waals surface area (Å²) in [7, 11) is 0. The Morgan fingerprint density at radius 1 is 0.939 bits per heavy atom. The number of halogens is 1. The number of rotatable bonds is 6. The molecule has 33 heavy (non-hydrogen) atoms. The molecule has 2 aliphatic heterocycles. The van der Waals surface area contributed by atoms with E-state index in [9.17, 15) is 5.11 Å². The monoisotopic (exact) mass is 481 g/mol. The number of nitrogens with zero attached hydrogens (tertiary/aromatic N) is 1. The molecule has 172 valence electrons. The lowest BCUT2D eigenvalue weighted by molar-refractivity contribution is 0.182. The number of fused-ring (bicyclic) bond motifs is 1. The highest BCUT2D eigenvalue weighted by Crippen LogP contribution is 2.56. The summed E-state index contributed by atoms with van der Waals surface area (Å²) >= 11 is 8.05. The van der Waals surface area contributed by atoms with E-state index in [1.807, 2.05) is 30.3 Å². The first-order valence-corrected chi connectivity index (χ1v) is 12.8. The zero-order valence-corrected chi connectivity index (χ0v) is 20.0. The lowest BCUT2D eigenvalue weighted by atomic mass is 10.00. The van der Waals surface area contributed by atoms with Crippen molar-refractivity contribution >= 4 is 23.4 Å². The largest absolute Gasteiger partial charge is 0.506 e. The molecule has 0 aliphatic carbocycles. The molecule has 2 heterocycles. The van der Waals surface area contributed by atoms with Crippen molar-refractivity contribution in [3.05, 3.63) is 82.9 Å². The molecule has 1 fully saturated rings. The van der Waals surface area contributed by atoms with Crippen LogP contribution in [0.3, 0.4) is 0 Å². The average molecular weight is 482 g/mol. The summed E-state index contributed by atoms with van der Waals surface area (Å²) in [6, 6.07) is 21.9. The fourth-order valence-corrected chi connectivity index (χ4v) is 6.09. The van der Waals surface area contributed by atoms with Crippen LogP contribution in [-0.4, -0.2) is 36.2 Å². The number of likely N-dealkylation sites (tertiary alicyclic amines) is 1. The molecular weight excluding hydrogens is 454 g/mol. The fraction of sp³-hybridized carbons (Fsp3) is 0.333. The molecule has 6 heteroatoms. The van der Waals surface area contributed by atoms with Gasteiger partial charge in [0.25, 0.3) is 0 Å². The molecule has 0 radical (unpaired) electrons. The topological polar surface area (TPSA) is 41.9 Å². The molecule has 2 aliphatic rings. The minimum absolute atomic E-state index is 0.00358. The Kier molecular flexibility index (Phi) is 7.00. The van der Waals surface area contributed by atoms with E-state index in [0.717, 1.165) is 28.3 Å². The molecule has 2 atom stereocenters. The third-order valence-corrected chi connectivity index (χ3v) is 8.18. The van der Waals surface area contributed by atoms with E-state index < -0.39 is 0 Å². The predicted octanol–water partition coefficient (Wildman–Crippen LogP) is 6.88. The van der Waals surface area contributed by atoms with Crippen molar-refractivity contribution in [2.45, 2.75) is 35.5 Å². The van der Waals surface area contributed by atoms with Crippen molar-refractivity contribution < 1.29 is 14.6 Å². The molecule has 0 spiro atoms. The molecule has 1 saturated heterocycles. The maximum Gasteiger partial charge on any atom is 0.140 e. The molecule has 5 rings (SSSR count). The Morgan fingerprint density at radius 3 is 2.45 bits per heavy atom. The summed E-state index contributed by atoms with van der Waals surface area (Å²) in [4.78, 5) is 3.26. The highest BCUT2D eigenvalue weighted by atomic mass is 35.5. The van der Waals surface area contributed by atoms with Crippen molar-refractivity contribution in [2.24, 2.45) is 0 Å². The Hall–Kier alpha value is -2.34. The maximum atomic E-state index is 10.1. The molecule has 3 aromatic carbocycles. The van der Waals surface area contributed by atoms with Crippen LogP contribution < -0.4 is 9.47 Å². The van der Waals surface area contributed by atoms with Gasteiger partial charge in [0.1, 0.15) is 30.0 Å². The van der Waals surface area contributed by atoms with Gasteiger partial charge in [0.2, 0.25) is 0 Å². The first-order valence-electron chi connectivity index (χ1n) is 11.5. The molecule has 0 amide bonds. The molecule has 3 aromatic rings. The number of phenols is 1. The van der Waals surface area contributed by atoms with Gasteiger partial charge in [-0.2, -0.15) is 0 Å². The summed E-state index contributed by atoms with van der Waals surface area (Å²) in [6.45, 7) is 4.05. The van der Waals surface area contributed by atoms with Crippen molar-refractivity contribution in [1.29, 1.82) is 0 Å². The van der Waals surface area contributed by atoms with Gasteiger partial charge in [-0.25, -0.2) is 0 Å². The predicted molar refractivity (Wildman–Crippen MR) is 134 cm³/mol. The Balaban J connectivity index is 1.34. The van der Waals surface area contributed by atoms with Crippen molar-refractivity contribution in [2.75, 3.05) is 26.2 Å². The lowest BCUT2D eigenvalue weighted by Gasteiger charge is -2.34. The van der Waals surface area contributed by atoms with Gasteiger partial charge in [-0.1, -0.05) is 60.5 Å². The average Bonchev–Trinajstić information content (AvgIpc) is 2.87. The molecule has 1 N–H and O–H groups in total. The fourth-order valence-electron chi connectivity index (χ4n) is 4.48. The van der Waals surface area contributed by atoms with Crippen molar-refractivity contribution in [1.82, 2.24) is 4.90 Å². The number of hydrogen-bond acceptors (Lipinski definition) is 5. The van der Waals surface area contributed by atoms with Crippen molar-refractivity contribution in [3.63, 3.8) is 0 Å². The van der Waals surface area contributed by atoms with Crippen LogP contribution in [-0.2, 0) is 0 Å². The quantitative estimate of drug-likeness (QED) is 0.415. The Morgan fingerprint density at radius 2 is 1.70 bits per heavy atom. The van der Waals surface area contributed by atoms with Crippen LogP contribution in [0.1, 0.15) is 41.7 Å². The van der Waals surface area contributed by atoms with Gasteiger partial charge in [0, 0.05) is 6.54 Å². The third-order valence-electron chi connectivity index (χ3n) is 6.28. The molecule has 0 unspecified atom stereocenters. The summed E-state index contributed by atoms with van der Waals surface area (Å²) in [5.74, 6) is 1.65. The van der Waals surface area contributed by atoms with Crippen LogP contribution in [0.4, 0.5) is 0 Å². The zero-order chi connectivity index (χ0) is 22.6. The van der Waals surface area contributed by atoms with Crippen LogP contribution in [0, 0.1) is 0 Å². The first-order chi connectivity index (χ1) is 16.2. The van der Waals surface area contributed by atoms with Gasteiger partial charge < -0.3 is 14.6 Å². The lowest BCUT2D eigenvalue weighted by Crippen LogP contribution is -2.33. The SMILES string of the molecule is Oc1ccc2c(c1Cl)S[C@@H](c1ccccc1)[C@@H](c1ccc(OCCN3CCCCC3)cc1)O2. The van der Waals surface area contributed by atoms with Gasteiger partial charge in [-0.15, -0.1) is 11.8 Å². The summed E-state index contributed by atoms with van der Waals surface area (Å²) in [6.07, 6.45) is 3.75. The van der Waals surface area contributed by atoms with E-state index in [2.05, 4.69) is 29.2 Å². The van der Waals surface area contributed by atoms with E-state index in [4.69, 9.17) is 21.1 Å². The number of ether oxygens (including phenoxy) is 2. The number of piperidine rings is 1. The van der Waals surface area contributed by atoms with E-state index in [-0.39, 0.29) is 17.1 Å². The highest BCUT2D eigenvalue weighted by Gasteiger charge is 2.35. The zero-order valence-electron chi connectivity index (χ0n) is 18.5. The number of phenolic OH excluding ortho intramolecular Hbond substituents is 1. The van der Waals surface area contributed by atoms with E-state index >= 15 is 0 Å². The van der Waals surface area contributed by atoms with Gasteiger partial charge >= 0.3 is 0 Å². The third kappa shape index (κ3) is 5.11. The molecule has 4 nitrogen and oxygen atoms in total. The second-order valence-electron chi connectivity index (χ2n) is 8.53. The van der Waals surface area contributed by atoms with E-state index in [1.54, 1.807) is 23.9 Å². The van der Waals surface area contributed by atoms with Crippen LogP contribution in [0.15, 0.2) is 71.6 Å². The highest BCUT2D eigenvalue weighted by molar-refractivity contribution is 7.99. The minimum atomic E-state index is -0.187. The first kappa shape index (κ1) is 22.5. The summed E-state index contributed by atoms with van der Waals surface area (Å²) in [5, 5.41) is 10.4. The van der Waals surface area contributed by atoms with E-state index in [0.29, 0.717) is 17.4 Å². The molecular formula is C27H28ClNO3S. The second-order valence-corrected chi connectivity index (χ2v) is 10.1. The standard InChI is InChI=1S/C27H28ClNO3S/c28-24-22(30)13-14-23-27(24)33-26(20-7-3-1-4-8-20)25(32-23)19-9-11-21(12-10-19)31-18-17-29-15-5-2-6-16-29/h1,3-4,7-14,25-26,30H,2,5-6,15-18H2/t25-,26+/m1/s1. The van der Waals surface area contributed by atoms with Gasteiger partial charge in [-0.05, 0) is 61.3 Å². The van der Waals surface area contributed by atoms with Crippen LogP contribution in [0.2, 0.25) is 5.02 Å². The van der Waals surface area contributed by atoms with E-state index in [1.165, 1.54) is 32.4 Å². The van der Waals surface area contributed by atoms with Crippen molar-refractivity contribution in [3.8, 4) is 17.2 Å². The van der Waals surface area contributed by atoms with Crippen LogP contribution in [0.5, 0.6) is 17.2 Å². The van der Waals surface area contributed by atoms with Gasteiger partial charge in [-0.3, -0.25) is 4.90 Å². The minimum Gasteiger partial charge on any atom is -0.506 e. The second kappa shape index (κ2) is 10.3. The normalized spacial score (nSPS) is 20.6. The molecule has 0 bridgehead atoms. The number of aromatic hydroxyl groups is 1. The smallest absolute Gasteiger partial charge is 0.140 e. The summed E-state index contributed by atoms with van der Waals surface area (Å²) in [5.41, 5.74) is 2.23. The van der Waals surface area contributed by atoms with Gasteiger partial charge in [0.15, 0.2) is 0 Å². The number of hydrogen-bond donors (Lipinski definition) is 1.